The zero-order chi connectivity index (χ0) is 17.1. The Morgan fingerprint density at radius 3 is 2.75 bits per heavy atom. The topological polar surface area (TPSA) is 80.1 Å². The molecule has 2 aliphatic rings. The van der Waals surface area contributed by atoms with Crippen molar-refractivity contribution in [2.75, 3.05) is 19.6 Å². The fourth-order valence-corrected chi connectivity index (χ4v) is 3.23. The van der Waals surface area contributed by atoms with Crippen LogP contribution in [0.2, 0.25) is 0 Å². The van der Waals surface area contributed by atoms with E-state index < -0.39 is 0 Å². The van der Waals surface area contributed by atoms with Crippen LogP contribution in [0.15, 0.2) is 6.20 Å². The van der Waals surface area contributed by atoms with Gasteiger partial charge >= 0.3 is 0 Å². The number of nitrogens with one attached hydrogen (secondary N) is 1. The van der Waals surface area contributed by atoms with E-state index >= 15 is 0 Å². The Bertz CT molecular complexity index is 594. The Morgan fingerprint density at radius 1 is 1.29 bits per heavy atom. The van der Waals surface area contributed by atoms with E-state index in [2.05, 4.69) is 15.6 Å². The van der Waals surface area contributed by atoms with Crippen molar-refractivity contribution in [3.63, 3.8) is 0 Å². The largest absolute Gasteiger partial charge is 0.350 e. The van der Waals surface area contributed by atoms with Gasteiger partial charge in [0.25, 0.3) is 5.91 Å². The molecule has 1 aromatic rings. The van der Waals surface area contributed by atoms with Crippen molar-refractivity contribution in [2.24, 2.45) is 11.8 Å². The van der Waals surface area contributed by atoms with Crippen LogP contribution in [-0.4, -0.2) is 51.3 Å². The molecule has 1 saturated heterocycles. The molecule has 2 fully saturated rings. The summed E-state index contributed by atoms with van der Waals surface area (Å²) in [6.45, 7) is 6.23. The molecule has 0 radical (unpaired) electrons. The minimum Gasteiger partial charge on any atom is -0.350 e. The maximum absolute atomic E-state index is 12.4. The summed E-state index contributed by atoms with van der Waals surface area (Å²) in [7, 11) is 0. The van der Waals surface area contributed by atoms with Crippen LogP contribution >= 0.6 is 0 Å². The van der Waals surface area contributed by atoms with Crippen molar-refractivity contribution in [1.82, 2.24) is 25.2 Å². The van der Waals surface area contributed by atoms with Crippen molar-refractivity contribution in [3.05, 3.63) is 11.9 Å². The Labute approximate surface area is 142 Å². The lowest BCUT2D eigenvalue weighted by Gasteiger charge is -2.37. The van der Waals surface area contributed by atoms with E-state index in [1.165, 1.54) is 6.42 Å². The maximum atomic E-state index is 12.4. The van der Waals surface area contributed by atoms with Gasteiger partial charge in [-0.05, 0) is 31.6 Å². The zero-order valence-corrected chi connectivity index (χ0v) is 14.6. The number of carbonyl (C=O) groups excluding carboxylic acids is 2. The molecule has 132 valence electrons. The molecular formula is C17H27N5O2. The molecule has 1 aromatic heterocycles. The van der Waals surface area contributed by atoms with E-state index in [-0.39, 0.29) is 17.9 Å². The van der Waals surface area contributed by atoms with Gasteiger partial charge in [0.05, 0.1) is 12.2 Å². The van der Waals surface area contributed by atoms with Gasteiger partial charge in [-0.25, -0.2) is 4.68 Å². The quantitative estimate of drug-likeness (QED) is 0.888. The highest BCUT2D eigenvalue weighted by atomic mass is 16.2. The Balaban J connectivity index is 1.59. The van der Waals surface area contributed by atoms with E-state index in [1.807, 2.05) is 18.7 Å². The SMILES string of the molecule is CC(C)CNC(=O)c1cn([C@H]2CCCN(C(=O)C3CCC3)C2)nn1. The van der Waals surface area contributed by atoms with Gasteiger partial charge in [-0.3, -0.25) is 9.59 Å². The first kappa shape index (κ1) is 16.9. The second-order valence-corrected chi connectivity index (χ2v) is 7.40. The van der Waals surface area contributed by atoms with E-state index in [0.29, 0.717) is 30.6 Å². The minimum atomic E-state index is -0.187. The molecule has 1 saturated carbocycles. The molecule has 0 bridgehead atoms. The van der Waals surface area contributed by atoms with Gasteiger partial charge in [-0.15, -0.1) is 5.10 Å². The predicted octanol–water partition coefficient (Wildman–Crippen LogP) is 1.63. The van der Waals surface area contributed by atoms with Crippen molar-refractivity contribution in [1.29, 1.82) is 0 Å². The third-order valence-corrected chi connectivity index (χ3v) is 4.95. The average Bonchev–Trinajstić information content (AvgIpc) is 3.01. The van der Waals surface area contributed by atoms with Crippen LogP contribution in [0, 0.1) is 11.8 Å². The van der Waals surface area contributed by atoms with Gasteiger partial charge in [0.15, 0.2) is 5.69 Å². The summed E-state index contributed by atoms with van der Waals surface area (Å²) < 4.78 is 1.75. The van der Waals surface area contributed by atoms with E-state index in [0.717, 1.165) is 32.2 Å². The van der Waals surface area contributed by atoms with Gasteiger partial charge in [-0.1, -0.05) is 25.5 Å². The Morgan fingerprint density at radius 2 is 2.08 bits per heavy atom. The smallest absolute Gasteiger partial charge is 0.273 e. The molecule has 2 heterocycles. The second-order valence-electron chi connectivity index (χ2n) is 7.40. The van der Waals surface area contributed by atoms with Crippen molar-refractivity contribution < 1.29 is 9.59 Å². The molecule has 1 N–H and O–H groups in total. The van der Waals surface area contributed by atoms with E-state index in [9.17, 15) is 9.59 Å². The van der Waals surface area contributed by atoms with Gasteiger partial charge in [0.1, 0.15) is 0 Å². The van der Waals surface area contributed by atoms with E-state index in [4.69, 9.17) is 0 Å². The third-order valence-electron chi connectivity index (χ3n) is 4.95. The lowest BCUT2D eigenvalue weighted by Crippen LogP contribution is -2.45. The van der Waals surface area contributed by atoms with Crippen LogP contribution in [0.5, 0.6) is 0 Å². The number of hydrogen-bond donors (Lipinski definition) is 1. The number of amides is 2. The normalized spacial score (nSPS) is 21.6. The molecule has 2 amide bonds. The average molecular weight is 333 g/mol. The highest BCUT2D eigenvalue weighted by Crippen LogP contribution is 2.30. The summed E-state index contributed by atoms with van der Waals surface area (Å²) in [4.78, 5) is 26.5. The van der Waals surface area contributed by atoms with Crippen molar-refractivity contribution >= 4 is 11.8 Å². The van der Waals surface area contributed by atoms with Gasteiger partial charge in [0, 0.05) is 25.6 Å². The first-order valence-electron chi connectivity index (χ1n) is 9.03. The number of hydrogen-bond acceptors (Lipinski definition) is 4. The van der Waals surface area contributed by atoms with Crippen molar-refractivity contribution in [3.8, 4) is 0 Å². The molecule has 1 atom stereocenters. The molecule has 7 heteroatoms. The number of piperidine rings is 1. The standard InChI is InChI=1S/C17H27N5O2/c1-12(2)9-18-16(23)15-11-22(20-19-15)14-7-4-8-21(10-14)17(24)13-5-3-6-13/h11-14H,3-10H2,1-2H3,(H,18,23)/t14-/m0/s1. The first-order valence-corrected chi connectivity index (χ1v) is 9.03. The van der Waals surface area contributed by atoms with Crippen LogP contribution in [0.3, 0.4) is 0 Å². The first-order chi connectivity index (χ1) is 11.5. The molecule has 0 aromatic carbocycles. The van der Waals surface area contributed by atoms with Gasteiger partial charge < -0.3 is 10.2 Å². The summed E-state index contributed by atoms with van der Waals surface area (Å²) in [5.74, 6) is 0.736. The summed E-state index contributed by atoms with van der Waals surface area (Å²) in [5, 5.41) is 11.0. The fraction of sp³-hybridized carbons (Fsp3) is 0.765. The summed E-state index contributed by atoms with van der Waals surface area (Å²) >= 11 is 0. The Hall–Kier alpha value is -1.92. The molecule has 0 unspecified atom stereocenters. The molecule has 0 spiro atoms. The van der Waals surface area contributed by atoms with Gasteiger partial charge in [-0.2, -0.15) is 0 Å². The number of likely N-dealkylation sites (tertiary alicyclic amines) is 1. The van der Waals surface area contributed by atoms with Crippen LogP contribution in [0.25, 0.3) is 0 Å². The second kappa shape index (κ2) is 7.32. The van der Waals surface area contributed by atoms with Crippen molar-refractivity contribution in [2.45, 2.75) is 52.0 Å². The highest BCUT2D eigenvalue weighted by molar-refractivity contribution is 5.91. The van der Waals surface area contributed by atoms with Crippen LogP contribution in [0.1, 0.15) is 62.5 Å². The summed E-state index contributed by atoms with van der Waals surface area (Å²) in [6.07, 6.45) is 6.87. The maximum Gasteiger partial charge on any atom is 0.273 e. The summed E-state index contributed by atoms with van der Waals surface area (Å²) in [6, 6.07) is 0.113. The monoisotopic (exact) mass is 333 g/mol. The Kier molecular flexibility index (Phi) is 5.16. The molecule has 24 heavy (non-hydrogen) atoms. The molecule has 1 aliphatic heterocycles. The molecular weight excluding hydrogens is 306 g/mol. The third kappa shape index (κ3) is 3.76. The van der Waals surface area contributed by atoms with Crippen LogP contribution < -0.4 is 5.32 Å². The number of rotatable bonds is 5. The lowest BCUT2D eigenvalue weighted by atomic mass is 9.84. The molecule has 3 rings (SSSR count). The minimum absolute atomic E-state index is 0.113. The number of carbonyl (C=O) groups is 2. The van der Waals surface area contributed by atoms with Crippen LogP contribution in [-0.2, 0) is 4.79 Å². The fourth-order valence-electron chi connectivity index (χ4n) is 3.23. The zero-order valence-electron chi connectivity index (χ0n) is 14.6. The van der Waals surface area contributed by atoms with Crippen LogP contribution in [0.4, 0.5) is 0 Å². The van der Waals surface area contributed by atoms with Gasteiger partial charge in [0.2, 0.25) is 5.91 Å². The number of aromatic nitrogens is 3. The summed E-state index contributed by atoms with van der Waals surface area (Å²) in [5.41, 5.74) is 0.345. The molecule has 7 nitrogen and oxygen atoms in total. The number of nitrogens with zero attached hydrogens (tertiary/aromatic N) is 4. The predicted molar refractivity (Wildman–Crippen MR) is 89.4 cm³/mol. The molecule has 1 aliphatic carbocycles. The van der Waals surface area contributed by atoms with E-state index in [1.54, 1.807) is 10.9 Å². The highest BCUT2D eigenvalue weighted by Gasteiger charge is 2.33. The lowest BCUT2D eigenvalue weighted by molar-refractivity contribution is -0.139.